The van der Waals surface area contributed by atoms with Crippen molar-refractivity contribution in [2.45, 2.75) is 52.4 Å². The Hall–Kier alpha value is -1.76. The quantitative estimate of drug-likeness (QED) is 0.630. The SMILES string of the molecule is CC(C)(C)c1cccc(N)c1.CC(C)(C)c1ccccc1. The maximum atomic E-state index is 5.66. The summed E-state index contributed by atoms with van der Waals surface area (Å²) in [6.07, 6.45) is 0. The molecule has 0 aliphatic heterocycles. The van der Waals surface area contributed by atoms with Gasteiger partial charge in [0.2, 0.25) is 0 Å². The molecule has 0 heterocycles. The van der Waals surface area contributed by atoms with Gasteiger partial charge in [-0.1, -0.05) is 84.0 Å². The molecule has 0 saturated carbocycles. The Morgan fingerprint density at radius 3 is 1.43 bits per heavy atom. The van der Waals surface area contributed by atoms with Crippen LogP contribution in [0, 0.1) is 0 Å². The predicted molar refractivity (Wildman–Crippen MR) is 94.7 cm³/mol. The molecule has 1 heteroatoms. The van der Waals surface area contributed by atoms with Gasteiger partial charge in [0.1, 0.15) is 0 Å². The molecular formula is C20H29N. The highest BCUT2D eigenvalue weighted by atomic mass is 14.5. The fourth-order valence-corrected chi connectivity index (χ4v) is 1.94. The molecule has 2 aromatic rings. The highest BCUT2D eigenvalue weighted by Gasteiger charge is 2.12. The van der Waals surface area contributed by atoms with E-state index in [9.17, 15) is 0 Å². The van der Waals surface area contributed by atoms with Gasteiger partial charge in [0, 0.05) is 5.69 Å². The maximum absolute atomic E-state index is 5.66. The van der Waals surface area contributed by atoms with E-state index in [1.54, 1.807) is 0 Å². The van der Waals surface area contributed by atoms with E-state index in [2.05, 4.69) is 77.9 Å². The molecule has 114 valence electrons. The molecule has 0 bridgehead atoms. The van der Waals surface area contributed by atoms with Crippen molar-refractivity contribution in [3.05, 3.63) is 65.7 Å². The number of nitrogen functional groups attached to an aromatic ring is 1. The van der Waals surface area contributed by atoms with Gasteiger partial charge >= 0.3 is 0 Å². The molecule has 21 heavy (non-hydrogen) atoms. The molecule has 0 aliphatic carbocycles. The summed E-state index contributed by atoms with van der Waals surface area (Å²) < 4.78 is 0. The van der Waals surface area contributed by atoms with Gasteiger partial charge in [-0.25, -0.2) is 0 Å². The number of hydrogen-bond acceptors (Lipinski definition) is 1. The second kappa shape index (κ2) is 6.80. The van der Waals surface area contributed by atoms with Crippen LogP contribution >= 0.6 is 0 Å². The zero-order valence-electron chi connectivity index (χ0n) is 14.3. The van der Waals surface area contributed by atoms with Crippen LogP contribution in [0.1, 0.15) is 52.7 Å². The number of hydrogen-bond donors (Lipinski definition) is 1. The zero-order chi connectivity index (χ0) is 16.1. The van der Waals surface area contributed by atoms with Gasteiger partial charge in [0.15, 0.2) is 0 Å². The van der Waals surface area contributed by atoms with E-state index in [1.165, 1.54) is 11.1 Å². The van der Waals surface area contributed by atoms with Crippen LogP contribution in [0.2, 0.25) is 0 Å². The Labute approximate surface area is 130 Å². The van der Waals surface area contributed by atoms with Gasteiger partial charge in [-0.3, -0.25) is 0 Å². The third-order valence-corrected chi connectivity index (χ3v) is 3.39. The summed E-state index contributed by atoms with van der Waals surface area (Å²) in [5.41, 5.74) is 9.68. The van der Waals surface area contributed by atoms with Crippen molar-refractivity contribution in [3.8, 4) is 0 Å². The largest absolute Gasteiger partial charge is 0.399 e. The van der Waals surface area contributed by atoms with Crippen LogP contribution in [0.3, 0.4) is 0 Å². The lowest BCUT2D eigenvalue weighted by Crippen LogP contribution is -2.10. The van der Waals surface area contributed by atoms with Gasteiger partial charge in [-0.05, 0) is 34.1 Å². The number of rotatable bonds is 0. The lowest BCUT2D eigenvalue weighted by Gasteiger charge is -2.18. The topological polar surface area (TPSA) is 26.0 Å². The number of anilines is 1. The molecule has 0 saturated heterocycles. The first-order valence-electron chi connectivity index (χ1n) is 7.52. The van der Waals surface area contributed by atoms with Crippen molar-refractivity contribution in [2.24, 2.45) is 0 Å². The fourth-order valence-electron chi connectivity index (χ4n) is 1.94. The molecule has 0 radical (unpaired) electrons. The van der Waals surface area contributed by atoms with Crippen molar-refractivity contribution in [2.75, 3.05) is 5.73 Å². The van der Waals surface area contributed by atoms with Crippen LogP contribution in [0.15, 0.2) is 54.6 Å². The van der Waals surface area contributed by atoms with E-state index in [4.69, 9.17) is 5.73 Å². The van der Waals surface area contributed by atoms with Gasteiger partial charge in [0.25, 0.3) is 0 Å². The van der Waals surface area contributed by atoms with Gasteiger partial charge in [-0.2, -0.15) is 0 Å². The van der Waals surface area contributed by atoms with E-state index in [-0.39, 0.29) is 5.41 Å². The summed E-state index contributed by atoms with van der Waals surface area (Å²) in [4.78, 5) is 0. The van der Waals surface area contributed by atoms with Crippen molar-refractivity contribution >= 4 is 5.69 Å². The van der Waals surface area contributed by atoms with Crippen LogP contribution in [0.5, 0.6) is 0 Å². The second-order valence-electron chi connectivity index (χ2n) is 7.49. The summed E-state index contributed by atoms with van der Waals surface area (Å²) in [6, 6.07) is 18.6. The van der Waals surface area contributed by atoms with E-state index in [0.29, 0.717) is 5.41 Å². The Morgan fingerprint density at radius 1 is 0.619 bits per heavy atom. The molecule has 2 rings (SSSR count). The minimum Gasteiger partial charge on any atom is -0.399 e. The second-order valence-corrected chi connectivity index (χ2v) is 7.49. The Morgan fingerprint density at radius 2 is 1.10 bits per heavy atom. The normalized spacial score (nSPS) is 11.5. The average Bonchev–Trinajstić information content (AvgIpc) is 2.38. The highest BCUT2D eigenvalue weighted by Crippen LogP contribution is 2.23. The first-order chi connectivity index (χ1) is 9.60. The molecule has 0 spiro atoms. The van der Waals surface area contributed by atoms with E-state index < -0.39 is 0 Å². The molecule has 1 nitrogen and oxygen atoms in total. The molecule has 2 aromatic carbocycles. The summed E-state index contributed by atoms with van der Waals surface area (Å²) in [7, 11) is 0. The van der Waals surface area contributed by atoms with Gasteiger partial charge in [-0.15, -0.1) is 0 Å². The van der Waals surface area contributed by atoms with E-state index in [0.717, 1.165) is 5.69 Å². The van der Waals surface area contributed by atoms with Crippen LogP contribution in [-0.2, 0) is 10.8 Å². The molecule has 0 aromatic heterocycles. The van der Waals surface area contributed by atoms with Crippen LogP contribution in [0.4, 0.5) is 5.69 Å². The van der Waals surface area contributed by atoms with Crippen LogP contribution < -0.4 is 5.73 Å². The third-order valence-electron chi connectivity index (χ3n) is 3.39. The minimum absolute atomic E-state index is 0.204. The number of benzene rings is 2. The minimum atomic E-state index is 0.204. The summed E-state index contributed by atoms with van der Waals surface area (Å²) >= 11 is 0. The highest BCUT2D eigenvalue weighted by molar-refractivity contribution is 5.42. The molecule has 0 aliphatic rings. The maximum Gasteiger partial charge on any atom is 0.0316 e. The molecule has 0 unspecified atom stereocenters. The first kappa shape index (κ1) is 17.3. The number of nitrogens with two attached hydrogens (primary N) is 1. The van der Waals surface area contributed by atoms with Gasteiger partial charge in [0.05, 0.1) is 0 Å². The Bertz CT molecular complexity index is 542. The Kier molecular flexibility index (Phi) is 5.60. The van der Waals surface area contributed by atoms with Crippen LogP contribution in [-0.4, -0.2) is 0 Å². The van der Waals surface area contributed by atoms with Crippen molar-refractivity contribution in [1.82, 2.24) is 0 Å². The van der Waals surface area contributed by atoms with Crippen molar-refractivity contribution in [3.63, 3.8) is 0 Å². The monoisotopic (exact) mass is 283 g/mol. The van der Waals surface area contributed by atoms with Crippen molar-refractivity contribution < 1.29 is 0 Å². The molecule has 0 amide bonds. The average molecular weight is 283 g/mol. The van der Waals surface area contributed by atoms with Gasteiger partial charge < -0.3 is 5.73 Å². The first-order valence-corrected chi connectivity index (χ1v) is 7.52. The standard InChI is InChI=1S/C10H15N.C10H14/c1-10(2,3)8-5-4-6-9(11)7-8;1-10(2,3)9-7-5-4-6-8-9/h4-7H,11H2,1-3H3;4-8H,1-3H3. The summed E-state index contributed by atoms with van der Waals surface area (Å²) in [5.74, 6) is 0. The summed E-state index contributed by atoms with van der Waals surface area (Å²) in [6.45, 7) is 13.2. The van der Waals surface area contributed by atoms with E-state index >= 15 is 0 Å². The zero-order valence-corrected chi connectivity index (χ0v) is 14.3. The smallest absolute Gasteiger partial charge is 0.0316 e. The van der Waals surface area contributed by atoms with E-state index in [1.807, 2.05) is 18.2 Å². The lowest BCUT2D eigenvalue weighted by atomic mass is 9.87. The molecule has 0 fully saturated rings. The summed E-state index contributed by atoms with van der Waals surface area (Å²) in [5, 5.41) is 0. The predicted octanol–water partition coefficient (Wildman–Crippen LogP) is 5.55. The lowest BCUT2D eigenvalue weighted by molar-refractivity contribution is 0.590. The molecule has 0 atom stereocenters. The third kappa shape index (κ3) is 6.03. The van der Waals surface area contributed by atoms with Crippen LogP contribution in [0.25, 0.3) is 0 Å². The Balaban J connectivity index is 0.000000211. The molecular weight excluding hydrogens is 254 g/mol. The van der Waals surface area contributed by atoms with Crippen molar-refractivity contribution in [1.29, 1.82) is 0 Å². The fraction of sp³-hybridized carbons (Fsp3) is 0.400. The molecule has 2 N–H and O–H groups in total.